The Morgan fingerprint density at radius 2 is 1.05 bits per heavy atom. The fourth-order valence-corrected chi connectivity index (χ4v) is 3.36. The van der Waals surface area contributed by atoms with Crippen LogP contribution in [-0.2, 0) is 0 Å². The average molecular weight is 281 g/mol. The van der Waals surface area contributed by atoms with Gasteiger partial charge in [0.2, 0.25) is 0 Å². The Morgan fingerprint density at radius 1 is 0.667 bits per heavy atom. The topological polar surface area (TPSA) is 12.5 Å². The fraction of sp³-hybridized carbons (Fsp3) is 0.368. The van der Waals surface area contributed by atoms with Gasteiger partial charge in [0.15, 0.2) is 11.5 Å². The van der Waals surface area contributed by atoms with E-state index in [4.69, 9.17) is 4.74 Å². The number of hydrogen-bond donors (Lipinski definition) is 0. The second-order valence-electron chi connectivity index (χ2n) is 6.29. The zero-order valence-corrected chi connectivity index (χ0v) is 14.0. The van der Waals surface area contributed by atoms with E-state index in [1.807, 2.05) is 0 Å². The number of ether oxygens (including phenoxy) is 1. The highest BCUT2D eigenvalue weighted by atomic mass is 16.5. The predicted octanol–water partition coefficient (Wildman–Crippen LogP) is 5.41. The van der Waals surface area contributed by atoms with E-state index in [9.17, 15) is 0 Å². The molecule has 110 valence electrons. The molecule has 0 atom stereocenters. The van der Waals surface area contributed by atoms with E-state index >= 15 is 0 Å². The summed E-state index contributed by atoms with van der Waals surface area (Å²) in [4.78, 5) is 2.30. The molecule has 2 heteroatoms. The highest BCUT2D eigenvalue weighted by Crippen LogP contribution is 2.52. The molecule has 0 fully saturated rings. The Hall–Kier alpha value is -1.96. The number of anilines is 2. The summed E-state index contributed by atoms with van der Waals surface area (Å²) in [7, 11) is 2.15. The first kappa shape index (κ1) is 14.0. The predicted molar refractivity (Wildman–Crippen MR) is 89.4 cm³/mol. The van der Waals surface area contributed by atoms with Gasteiger partial charge in [-0.3, -0.25) is 0 Å². The highest BCUT2D eigenvalue weighted by molar-refractivity contribution is 5.84. The van der Waals surface area contributed by atoms with Crippen LogP contribution < -0.4 is 9.64 Å². The van der Waals surface area contributed by atoms with Gasteiger partial charge in [0, 0.05) is 7.05 Å². The SMILES string of the molecule is Cc1cc(C)c2c(c1C)N(C)c1c(C)c(C)cc(C)c1O2. The van der Waals surface area contributed by atoms with Crippen molar-refractivity contribution < 1.29 is 4.74 Å². The lowest BCUT2D eigenvalue weighted by Gasteiger charge is -2.35. The molecule has 0 radical (unpaired) electrons. The molecule has 0 saturated heterocycles. The summed E-state index contributed by atoms with van der Waals surface area (Å²) >= 11 is 0. The van der Waals surface area contributed by atoms with Gasteiger partial charge in [0.05, 0.1) is 11.4 Å². The average Bonchev–Trinajstić information content (AvgIpc) is 2.41. The molecule has 0 unspecified atom stereocenters. The van der Waals surface area contributed by atoms with E-state index in [-0.39, 0.29) is 0 Å². The molecule has 2 aromatic rings. The van der Waals surface area contributed by atoms with Crippen molar-refractivity contribution in [2.24, 2.45) is 0 Å². The molecule has 1 heterocycles. The number of fused-ring (bicyclic) bond motifs is 2. The van der Waals surface area contributed by atoms with E-state index in [0.717, 1.165) is 11.5 Å². The minimum absolute atomic E-state index is 0.999. The van der Waals surface area contributed by atoms with E-state index in [0.29, 0.717) is 0 Å². The van der Waals surface area contributed by atoms with Crippen LogP contribution in [0.1, 0.15) is 33.4 Å². The van der Waals surface area contributed by atoms with Crippen molar-refractivity contribution in [1.29, 1.82) is 0 Å². The lowest BCUT2D eigenvalue weighted by atomic mass is 9.97. The Morgan fingerprint density at radius 3 is 1.43 bits per heavy atom. The van der Waals surface area contributed by atoms with E-state index < -0.39 is 0 Å². The Labute approximate surface area is 127 Å². The second kappa shape index (κ2) is 4.52. The first-order valence-electron chi connectivity index (χ1n) is 7.46. The third-order valence-electron chi connectivity index (χ3n) is 4.78. The first-order valence-corrected chi connectivity index (χ1v) is 7.46. The maximum atomic E-state index is 6.34. The molecule has 0 spiro atoms. The van der Waals surface area contributed by atoms with Gasteiger partial charge in [0.25, 0.3) is 0 Å². The van der Waals surface area contributed by atoms with Gasteiger partial charge in [0.1, 0.15) is 0 Å². The van der Waals surface area contributed by atoms with Crippen LogP contribution in [0.15, 0.2) is 12.1 Å². The quantitative estimate of drug-likeness (QED) is 0.640. The minimum atomic E-state index is 0.999. The Balaban J connectivity index is 2.35. The van der Waals surface area contributed by atoms with Gasteiger partial charge in [-0.25, -0.2) is 0 Å². The number of nitrogens with zero attached hydrogens (tertiary/aromatic N) is 1. The number of aryl methyl sites for hydroxylation is 4. The highest BCUT2D eigenvalue weighted by Gasteiger charge is 2.28. The lowest BCUT2D eigenvalue weighted by Crippen LogP contribution is -2.20. The van der Waals surface area contributed by atoms with Crippen LogP contribution in [0, 0.1) is 41.5 Å². The third-order valence-corrected chi connectivity index (χ3v) is 4.78. The fourth-order valence-electron chi connectivity index (χ4n) is 3.36. The third kappa shape index (κ3) is 1.85. The molecule has 0 bridgehead atoms. The van der Waals surface area contributed by atoms with Crippen molar-refractivity contribution in [3.63, 3.8) is 0 Å². The maximum absolute atomic E-state index is 6.34. The molecule has 0 amide bonds. The normalized spacial score (nSPS) is 12.8. The molecular weight excluding hydrogens is 258 g/mol. The number of benzene rings is 2. The molecule has 2 nitrogen and oxygen atoms in total. The van der Waals surface area contributed by atoms with Crippen LogP contribution >= 0.6 is 0 Å². The summed E-state index contributed by atoms with van der Waals surface area (Å²) in [6.45, 7) is 12.9. The second-order valence-corrected chi connectivity index (χ2v) is 6.29. The van der Waals surface area contributed by atoms with Crippen molar-refractivity contribution in [3.05, 3.63) is 45.5 Å². The molecule has 1 aliphatic rings. The Kier molecular flexibility index (Phi) is 3.01. The molecule has 21 heavy (non-hydrogen) atoms. The van der Waals surface area contributed by atoms with Crippen molar-refractivity contribution in [3.8, 4) is 11.5 Å². The van der Waals surface area contributed by atoms with Gasteiger partial charge in [-0.15, -0.1) is 0 Å². The van der Waals surface area contributed by atoms with Crippen LogP contribution in [-0.4, -0.2) is 7.05 Å². The molecule has 0 aliphatic carbocycles. The van der Waals surface area contributed by atoms with Crippen LogP contribution in [0.25, 0.3) is 0 Å². The van der Waals surface area contributed by atoms with Gasteiger partial charge in [-0.1, -0.05) is 12.1 Å². The largest absolute Gasteiger partial charge is 0.452 e. The lowest BCUT2D eigenvalue weighted by molar-refractivity contribution is 0.467. The van der Waals surface area contributed by atoms with Gasteiger partial charge in [-0.05, 0) is 74.9 Å². The zero-order valence-electron chi connectivity index (χ0n) is 14.0. The molecule has 0 saturated carbocycles. The van der Waals surface area contributed by atoms with Crippen molar-refractivity contribution in [2.45, 2.75) is 41.5 Å². The summed E-state index contributed by atoms with van der Waals surface area (Å²) in [6, 6.07) is 4.42. The summed E-state index contributed by atoms with van der Waals surface area (Å²) in [6.07, 6.45) is 0. The monoisotopic (exact) mass is 281 g/mol. The molecule has 0 N–H and O–H groups in total. The van der Waals surface area contributed by atoms with E-state index in [1.54, 1.807) is 0 Å². The van der Waals surface area contributed by atoms with Gasteiger partial charge >= 0.3 is 0 Å². The van der Waals surface area contributed by atoms with E-state index in [1.165, 1.54) is 44.8 Å². The van der Waals surface area contributed by atoms with Crippen LogP contribution in [0.4, 0.5) is 11.4 Å². The first-order chi connectivity index (χ1) is 9.82. The van der Waals surface area contributed by atoms with Crippen molar-refractivity contribution >= 4 is 11.4 Å². The van der Waals surface area contributed by atoms with Gasteiger partial charge < -0.3 is 9.64 Å². The van der Waals surface area contributed by atoms with Crippen LogP contribution in [0.5, 0.6) is 11.5 Å². The molecule has 1 aliphatic heterocycles. The van der Waals surface area contributed by atoms with Crippen molar-refractivity contribution in [1.82, 2.24) is 0 Å². The summed E-state index contributed by atoms with van der Waals surface area (Å²) in [5, 5.41) is 0. The number of rotatable bonds is 0. The summed E-state index contributed by atoms with van der Waals surface area (Å²) in [5.41, 5.74) is 10.0. The molecular formula is C19H23NO. The smallest absolute Gasteiger partial charge is 0.154 e. The van der Waals surface area contributed by atoms with Crippen LogP contribution in [0.3, 0.4) is 0 Å². The van der Waals surface area contributed by atoms with E-state index in [2.05, 4.69) is 65.6 Å². The minimum Gasteiger partial charge on any atom is -0.452 e. The van der Waals surface area contributed by atoms with Gasteiger partial charge in [-0.2, -0.15) is 0 Å². The maximum Gasteiger partial charge on any atom is 0.154 e. The molecule has 0 aromatic heterocycles. The zero-order chi connectivity index (χ0) is 15.5. The molecule has 3 rings (SSSR count). The van der Waals surface area contributed by atoms with Crippen LogP contribution in [0.2, 0.25) is 0 Å². The molecule has 2 aromatic carbocycles. The Bertz CT molecular complexity index is 696. The number of hydrogen-bond acceptors (Lipinski definition) is 2. The standard InChI is InChI=1S/C19H23NO/c1-10-8-12(3)18-16(14(10)5)20(7)17-15(6)11(2)9-13(4)19(17)21-18/h8-9H,1-7H3. The van der Waals surface area contributed by atoms with Crippen molar-refractivity contribution in [2.75, 3.05) is 11.9 Å². The summed E-state index contributed by atoms with van der Waals surface area (Å²) in [5.74, 6) is 2.00. The summed E-state index contributed by atoms with van der Waals surface area (Å²) < 4.78 is 6.34.